The Kier molecular flexibility index (Phi) is 3.45. The molecule has 3 rings (SSSR count). The molecule has 112 valence electrons. The van der Waals surface area contributed by atoms with Crippen LogP contribution in [-0.4, -0.2) is 26.0 Å². The van der Waals surface area contributed by atoms with Gasteiger partial charge in [-0.1, -0.05) is 12.5 Å². The molecule has 0 aromatic carbocycles. The van der Waals surface area contributed by atoms with Crippen LogP contribution >= 0.6 is 0 Å². The summed E-state index contributed by atoms with van der Waals surface area (Å²) in [6, 6.07) is 3.97. The number of carbonyl (C=O) groups is 1. The Labute approximate surface area is 124 Å². The van der Waals surface area contributed by atoms with Gasteiger partial charge in [-0.15, -0.1) is 0 Å². The molecule has 1 aliphatic rings. The molecule has 2 N–H and O–H groups in total. The Morgan fingerprint density at radius 2 is 2.33 bits per heavy atom. The van der Waals surface area contributed by atoms with Crippen LogP contribution in [0, 0.1) is 12.8 Å². The normalized spacial score (nSPS) is 18.2. The summed E-state index contributed by atoms with van der Waals surface area (Å²) in [5.74, 6) is -0.221. The molecule has 1 aliphatic carbocycles. The molecule has 0 aliphatic heterocycles. The Morgan fingerprint density at radius 3 is 2.95 bits per heavy atom. The number of aryl methyl sites for hydroxylation is 1. The van der Waals surface area contributed by atoms with E-state index >= 15 is 0 Å². The third-order valence-electron chi connectivity index (χ3n) is 4.52. The van der Waals surface area contributed by atoms with E-state index in [0.29, 0.717) is 6.54 Å². The monoisotopic (exact) mass is 287 g/mol. The number of fused-ring (bicyclic) bond motifs is 1. The van der Waals surface area contributed by atoms with Gasteiger partial charge in [0.2, 0.25) is 0 Å². The zero-order valence-corrected chi connectivity index (χ0v) is 12.5. The number of nitrogens with one attached hydrogen (secondary N) is 1. The van der Waals surface area contributed by atoms with Crippen molar-refractivity contribution in [3.05, 3.63) is 35.8 Å². The van der Waals surface area contributed by atoms with Crippen molar-refractivity contribution in [2.75, 3.05) is 0 Å². The molecule has 2 aromatic heterocycles. The lowest BCUT2D eigenvalue weighted by molar-refractivity contribution is -0.147. The van der Waals surface area contributed by atoms with Gasteiger partial charge in [0.05, 0.1) is 12.2 Å². The molecule has 1 atom stereocenters. The summed E-state index contributed by atoms with van der Waals surface area (Å²) >= 11 is 0. The predicted octanol–water partition coefficient (Wildman–Crippen LogP) is 1.81. The SMILES string of the molecule is Cc1cccn2cc(CNC(=O)C(C)(O)C3CCC3)nc12. The maximum absolute atomic E-state index is 12.2. The number of hydrogen-bond acceptors (Lipinski definition) is 3. The van der Waals surface area contributed by atoms with Crippen molar-refractivity contribution in [3.63, 3.8) is 0 Å². The van der Waals surface area contributed by atoms with Gasteiger partial charge in [-0.25, -0.2) is 4.98 Å². The highest BCUT2D eigenvalue weighted by molar-refractivity contribution is 5.84. The van der Waals surface area contributed by atoms with Gasteiger partial charge < -0.3 is 14.8 Å². The van der Waals surface area contributed by atoms with Crippen LogP contribution in [0.2, 0.25) is 0 Å². The van der Waals surface area contributed by atoms with Crippen LogP contribution in [0.25, 0.3) is 5.65 Å². The van der Waals surface area contributed by atoms with Crippen LogP contribution in [0.4, 0.5) is 0 Å². The van der Waals surface area contributed by atoms with Gasteiger partial charge in [0.15, 0.2) is 0 Å². The Morgan fingerprint density at radius 1 is 1.57 bits per heavy atom. The summed E-state index contributed by atoms with van der Waals surface area (Å²) in [5.41, 5.74) is 1.51. The van der Waals surface area contributed by atoms with Gasteiger partial charge in [0.1, 0.15) is 11.2 Å². The number of nitrogens with zero attached hydrogens (tertiary/aromatic N) is 2. The van der Waals surface area contributed by atoms with E-state index in [9.17, 15) is 9.90 Å². The first-order valence-corrected chi connectivity index (χ1v) is 7.42. The highest BCUT2D eigenvalue weighted by atomic mass is 16.3. The van der Waals surface area contributed by atoms with Crippen LogP contribution in [-0.2, 0) is 11.3 Å². The first-order valence-electron chi connectivity index (χ1n) is 7.42. The van der Waals surface area contributed by atoms with Crippen LogP contribution < -0.4 is 5.32 Å². The van der Waals surface area contributed by atoms with Crippen molar-refractivity contribution in [2.24, 2.45) is 5.92 Å². The predicted molar refractivity (Wildman–Crippen MR) is 79.7 cm³/mol. The second-order valence-corrected chi connectivity index (χ2v) is 6.11. The molecule has 2 heterocycles. The van der Waals surface area contributed by atoms with E-state index in [-0.39, 0.29) is 11.8 Å². The van der Waals surface area contributed by atoms with Gasteiger partial charge in [0, 0.05) is 12.4 Å². The molecule has 1 amide bonds. The maximum atomic E-state index is 12.2. The van der Waals surface area contributed by atoms with Crippen LogP contribution in [0.3, 0.4) is 0 Å². The van der Waals surface area contributed by atoms with Gasteiger partial charge in [-0.05, 0) is 44.2 Å². The molecule has 2 aromatic rings. The highest BCUT2D eigenvalue weighted by Crippen LogP contribution is 2.36. The molecular weight excluding hydrogens is 266 g/mol. The average molecular weight is 287 g/mol. The minimum absolute atomic E-state index is 0.0841. The fourth-order valence-corrected chi connectivity index (χ4v) is 2.80. The van der Waals surface area contributed by atoms with Crippen molar-refractivity contribution in [1.29, 1.82) is 0 Å². The molecule has 0 saturated heterocycles. The molecule has 1 unspecified atom stereocenters. The van der Waals surface area contributed by atoms with Crippen molar-refractivity contribution in [2.45, 2.75) is 45.3 Å². The smallest absolute Gasteiger partial charge is 0.252 e. The maximum Gasteiger partial charge on any atom is 0.252 e. The number of hydrogen-bond donors (Lipinski definition) is 2. The first kappa shape index (κ1) is 14.1. The van der Waals surface area contributed by atoms with Crippen molar-refractivity contribution >= 4 is 11.6 Å². The molecule has 1 saturated carbocycles. The largest absolute Gasteiger partial charge is 0.380 e. The summed E-state index contributed by atoms with van der Waals surface area (Å²) in [4.78, 5) is 16.7. The van der Waals surface area contributed by atoms with Crippen LogP contribution in [0.15, 0.2) is 24.5 Å². The topological polar surface area (TPSA) is 66.6 Å². The Hall–Kier alpha value is -1.88. The quantitative estimate of drug-likeness (QED) is 0.901. The van der Waals surface area contributed by atoms with Crippen LogP contribution in [0.5, 0.6) is 0 Å². The van der Waals surface area contributed by atoms with Gasteiger partial charge in [-0.3, -0.25) is 4.79 Å². The van der Waals surface area contributed by atoms with E-state index in [1.54, 1.807) is 6.92 Å². The third-order valence-corrected chi connectivity index (χ3v) is 4.52. The fourth-order valence-electron chi connectivity index (χ4n) is 2.80. The van der Waals surface area contributed by atoms with Crippen LogP contribution in [0.1, 0.15) is 37.4 Å². The number of carbonyl (C=O) groups excluding carboxylic acids is 1. The number of amides is 1. The second-order valence-electron chi connectivity index (χ2n) is 6.11. The second kappa shape index (κ2) is 5.15. The summed E-state index contributed by atoms with van der Waals surface area (Å²) in [6.45, 7) is 3.95. The summed E-state index contributed by atoms with van der Waals surface area (Å²) in [6.07, 6.45) is 6.79. The van der Waals surface area contributed by atoms with Crippen molar-refractivity contribution < 1.29 is 9.90 Å². The van der Waals surface area contributed by atoms with Gasteiger partial charge in [0.25, 0.3) is 5.91 Å². The Bertz CT molecular complexity index is 671. The van der Waals surface area contributed by atoms with Crippen molar-refractivity contribution in [1.82, 2.24) is 14.7 Å². The third kappa shape index (κ3) is 2.53. The molecule has 0 spiro atoms. The molecule has 1 fully saturated rings. The van der Waals surface area contributed by atoms with Crippen molar-refractivity contribution in [3.8, 4) is 0 Å². The first-order chi connectivity index (χ1) is 9.98. The van der Waals surface area contributed by atoms with Gasteiger partial charge >= 0.3 is 0 Å². The fraction of sp³-hybridized carbons (Fsp3) is 0.500. The lowest BCUT2D eigenvalue weighted by Gasteiger charge is -2.37. The molecular formula is C16H21N3O2. The van der Waals surface area contributed by atoms with E-state index in [2.05, 4.69) is 10.3 Å². The number of aromatic nitrogens is 2. The van der Waals surface area contributed by atoms with E-state index in [1.165, 1.54) is 0 Å². The highest BCUT2D eigenvalue weighted by Gasteiger charge is 2.42. The molecule has 21 heavy (non-hydrogen) atoms. The molecule has 5 nitrogen and oxygen atoms in total. The summed E-state index contributed by atoms with van der Waals surface area (Å²) < 4.78 is 1.95. The molecule has 0 radical (unpaired) electrons. The minimum atomic E-state index is -1.27. The lowest BCUT2D eigenvalue weighted by atomic mass is 9.73. The van der Waals surface area contributed by atoms with E-state index in [1.807, 2.05) is 35.9 Å². The Balaban J connectivity index is 1.68. The zero-order valence-electron chi connectivity index (χ0n) is 12.5. The summed E-state index contributed by atoms with van der Waals surface area (Å²) in [7, 11) is 0. The van der Waals surface area contributed by atoms with Gasteiger partial charge in [-0.2, -0.15) is 0 Å². The lowest BCUT2D eigenvalue weighted by Crippen LogP contribution is -2.51. The number of rotatable bonds is 4. The number of pyridine rings is 1. The molecule has 5 heteroatoms. The van der Waals surface area contributed by atoms with E-state index in [4.69, 9.17) is 0 Å². The molecule has 0 bridgehead atoms. The van der Waals surface area contributed by atoms with E-state index < -0.39 is 5.60 Å². The van der Waals surface area contributed by atoms with E-state index in [0.717, 1.165) is 36.2 Å². The zero-order chi connectivity index (χ0) is 15.0. The average Bonchev–Trinajstić information content (AvgIpc) is 2.77. The standard InChI is InChI=1S/C16H21N3O2/c1-11-5-4-8-19-10-13(18-14(11)19)9-17-15(20)16(2,21)12-6-3-7-12/h4-5,8,10,12,21H,3,6-7,9H2,1-2H3,(H,17,20). The summed E-state index contributed by atoms with van der Waals surface area (Å²) in [5, 5.41) is 13.1. The number of aliphatic hydroxyl groups is 1. The number of imidazole rings is 1. The minimum Gasteiger partial charge on any atom is -0.380 e.